The minimum absolute atomic E-state index is 0.0571. The van der Waals surface area contributed by atoms with Gasteiger partial charge >= 0.3 is 0 Å². The third kappa shape index (κ3) is 2.29. The van der Waals surface area contributed by atoms with E-state index in [2.05, 4.69) is 16.9 Å². The average Bonchev–Trinajstić information content (AvgIpc) is 2.69. The first kappa shape index (κ1) is 12.4. The molecular weight excluding hydrogens is 247 g/mol. The molecule has 2 N–H and O–H groups in total. The van der Waals surface area contributed by atoms with Gasteiger partial charge in [0.05, 0.1) is 24.8 Å². The van der Waals surface area contributed by atoms with Crippen LogP contribution >= 0.6 is 0 Å². The molecule has 1 aliphatic heterocycles. The van der Waals surface area contributed by atoms with Crippen LogP contribution in [0.5, 0.6) is 0 Å². The molecule has 0 saturated carbocycles. The number of rotatable bonds is 2. The van der Waals surface area contributed by atoms with Gasteiger partial charge in [0.25, 0.3) is 0 Å². The van der Waals surface area contributed by atoms with Crippen molar-refractivity contribution in [3.8, 4) is 0 Å². The summed E-state index contributed by atoms with van der Waals surface area (Å²) in [6.45, 7) is 3.08. The minimum atomic E-state index is -0.343. The normalized spacial score (nSPS) is 21.1. The zero-order valence-corrected chi connectivity index (χ0v) is 10.8. The number of ether oxygens (including phenoxy) is 1. The van der Waals surface area contributed by atoms with Crippen LogP contribution in [-0.2, 0) is 11.3 Å². The maximum absolute atomic E-state index is 13.6. The van der Waals surface area contributed by atoms with E-state index >= 15 is 0 Å². The van der Waals surface area contributed by atoms with Crippen molar-refractivity contribution in [3.05, 3.63) is 24.0 Å². The number of para-hydroxylation sites is 1. The number of fused-ring (bicyclic) bond motifs is 1. The molecule has 1 atom stereocenters. The molecule has 19 heavy (non-hydrogen) atoms. The van der Waals surface area contributed by atoms with Gasteiger partial charge in [-0.05, 0) is 19.2 Å². The Kier molecular flexibility index (Phi) is 3.12. The number of likely N-dealkylation sites (N-methyl/N-ethyl adjacent to an activating group) is 1. The summed E-state index contributed by atoms with van der Waals surface area (Å²) in [6, 6.07) is 4.89. The summed E-state index contributed by atoms with van der Waals surface area (Å²) in [4.78, 5) is 6.31. The molecule has 1 saturated heterocycles. The second-order valence-corrected chi connectivity index (χ2v) is 4.94. The average molecular weight is 264 g/mol. The highest BCUT2D eigenvalue weighted by atomic mass is 19.1. The van der Waals surface area contributed by atoms with Crippen LogP contribution in [0.4, 0.5) is 10.3 Å². The number of nitrogens with two attached hydrogens (primary N) is 1. The summed E-state index contributed by atoms with van der Waals surface area (Å²) in [5, 5.41) is 0. The lowest BCUT2D eigenvalue weighted by atomic mass is 10.2. The number of morpholine rings is 1. The molecule has 0 bridgehead atoms. The van der Waals surface area contributed by atoms with Crippen LogP contribution in [0.1, 0.15) is 0 Å². The summed E-state index contributed by atoms with van der Waals surface area (Å²) in [5.41, 5.74) is 6.93. The fourth-order valence-corrected chi connectivity index (χ4v) is 2.50. The number of hydrogen-bond acceptors (Lipinski definition) is 4. The van der Waals surface area contributed by atoms with Gasteiger partial charge in [-0.25, -0.2) is 9.37 Å². The summed E-state index contributed by atoms with van der Waals surface area (Å²) in [6.07, 6.45) is 0.0571. The van der Waals surface area contributed by atoms with E-state index in [4.69, 9.17) is 10.5 Å². The highest BCUT2D eigenvalue weighted by Gasteiger charge is 2.21. The highest BCUT2D eigenvalue weighted by molar-refractivity contribution is 5.78. The fraction of sp³-hybridized carbons (Fsp3) is 0.462. The van der Waals surface area contributed by atoms with Crippen LogP contribution in [0.25, 0.3) is 11.0 Å². The summed E-state index contributed by atoms with van der Waals surface area (Å²) >= 11 is 0. The summed E-state index contributed by atoms with van der Waals surface area (Å²) in [5.74, 6) is -0.0124. The van der Waals surface area contributed by atoms with E-state index in [-0.39, 0.29) is 11.9 Å². The van der Waals surface area contributed by atoms with E-state index in [1.807, 2.05) is 10.6 Å². The Morgan fingerprint density at radius 2 is 2.37 bits per heavy atom. The number of halogens is 1. The van der Waals surface area contributed by atoms with Crippen molar-refractivity contribution in [3.63, 3.8) is 0 Å². The van der Waals surface area contributed by atoms with E-state index in [0.717, 1.165) is 13.1 Å². The van der Waals surface area contributed by atoms with Gasteiger partial charge in [0.1, 0.15) is 5.52 Å². The van der Waals surface area contributed by atoms with Crippen molar-refractivity contribution in [2.45, 2.75) is 12.6 Å². The molecule has 0 spiro atoms. The van der Waals surface area contributed by atoms with E-state index in [9.17, 15) is 4.39 Å². The van der Waals surface area contributed by atoms with E-state index in [1.165, 1.54) is 6.07 Å². The molecule has 1 aromatic heterocycles. The van der Waals surface area contributed by atoms with Crippen LogP contribution < -0.4 is 5.73 Å². The number of benzene rings is 1. The Hall–Kier alpha value is -1.66. The molecule has 6 heteroatoms. The van der Waals surface area contributed by atoms with Crippen LogP contribution in [-0.4, -0.2) is 47.3 Å². The van der Waals surface area contributed by atoms with Crippen molar-refractivity contribution in [2.24, 2.45) is 0 Å². The maximum Gasteiger partial charge on any atom is 0.201 e. The first-order chi connectivity index (χ1) is 9.15. The fourth-order valence-electron chi connectivity index (χ4n) is 2.50. The van der Waals surface area contributed by atoms with Gasteiger partial charge in [0, 0.05) is 13.1 Å². The summed E-state index contributed by atoms with van der Waals surface area (Å²) < 4.78 is 21.2. The van der Waals surface area contributed by atoms with Crippen molar-refractivity contribution in [1.82, 2.24) is 14.5 Å². The van der Waals surface area contributed by atoms with Crippen molar-refractivity contribution >= 4 is 17.0 Å². The quantitative estimate of drug-likeness (QED) is 0.882. The van der Waals surface area contributed by atoms with Crippen molar-refractivity contribution < 1.29 is 9.13 Å². The van der Waals surface area contributed by atoms with Crippen LogP contribution in [0.3, 0.4) is 0 Å². The van der Waals surface area contributed by atoms with Crippen LogP contribution in [0.15, 0.2) is 18.2 Å². The number of hydrogen-bond donors (Lipinski definition) is 1. The first-order valence-electron chi connectivity index (χ1n) is 6.35. The van der Waals surface area contributed by atoms with Crippen LogP contribution in [0, 0.1) is 5.82 Å². The standard InChI is InChI=1S/C13H17FN4O/c1-17-5-6-19-9(7-17)8-18-11-4-2-3-10(14)12(11)16-13(18)15/h2-4,9H,5-8H2,1H3,(H2,15,16). The van der Waals surface area contributed by atoms with Gasteiger partial charge in [-0.2, -0.15) is 0 Å². The molecule has 1 aliphatic rings. The van der Waals surface area contributed by atoms with Gasteiger partial charge in [-0.1, -0.05) is 6.07 Å². The summed E-state index contributed by atoms with van der Waals surface area (Å²) in [7, 11) is 2.06. The van der Waals surface area contributed by atoms with E-state index < -0.39 is 0 Å². The highest BCUT2D eigenvalue weighted by Crippen LogP contribution is 2.21. The lowest BCUT2D eigenvalue weighted by molar-refractivity contribution is -0.0267. The number of aromatic nitrogens is 2. The molecule has 2 heterocycles. The second kappa shape index (κ2) is 4.79. The molecule has 5 nitrogen and oxygen atoms in total. The number of nitrogen functional groups attached to an aromatic ring is 1. The predicted molar refractivity (Wildman–Crippen MR) is 71.3 cm³/mol. The zero-order valence-electron chi connectivity index (χ0n) is 10.8. The SMILES string of the molecule is CN1CCOC(Cn2c(N)nc3c(F)cccc32)C1. The van der Waals surface area contributed by atoms with Crippen LogP contribution in [0.2, 0.25) is 0 Å². The Bertz CT molecular complexity index is 598. The molecule has 0 amide bonds. The largest absolute Gasteiger partial charge is 0.374 e. The lowest BCUT2D eigenvalue weighted by Crippen LogP contribution is -2.42. The molecule has 1 fully saturated rings. The predicted octanol–water partition coefficient (Wildman–Crippen LogP) is 1.09. The Morgan fingerprint density at radius 1 is 1.53 bits per heavy atom. The number of imidazole rings is 1. The van der Waals surface area contributed by atoms with E-state index in [0.29, 0.717) is 30.1 Å². The number of nitrogens with zero attached hydrogens (tertiary/aromatic N) is 3. The third-order valence-corrected chi connectivity index (χ3v) is 3.49. The molecule has 3 rings (SSSR count). The number of anilines is 1. The maximum atomic E-state index is 13.6. The van der Waals surface area contributed by atoms with Gasteiger partial charge in [-0.15, -0.1) is 0 Å². The molecule has 1 aromatic carbocycles. The molecule has 0 aliphatic carbocycles. The van der Waals surface area contributed by atoms with Gasteiger partial charge < -0.3 is 19.9 Å². The van der Waals surface area contributed by atoms with Crippen molar-refractivity contribution in [1.29, 1.82) is 0 Å². The first-order valence-corrected chi connectivity index (χ1v) is 6.35. The molecular formula is C13H17FN4O. The molecule has 0 radical (unpaired) electrons. The van der Waals surface area contributed by atoms with E-state index in [1.54, 1.807) is 6.07 Å². The Labute approximate surface area is 110 Å². The smallest absolute Gasteiger partial charge is 0.201 e. The van der Waals surface area contributed by atoms with Crippen molar-refractivity contribution in [2.75, 3.05) is 32.5 Å². The second-order valence-electron chi connectivity index (χ2n) is 4.94. The van der Waals surface area contributed by atoms with Gasteiger partial charge in [0.2, 0.25) is 5.95 Å². The van der Waals surface area contributed by atoms with Gasteiger partial charge in [-0.3, -0.25) is 0 Å². The molecule has 1 unspecified atom stereocenters. The Morgan fingerprint density at radius 3 is 3.16 bits per heavy atom. The molecule has 102 valence electrons. The zero-order chi connectivity index (χ0) is 13.4. The third-order valence-electron chi connectivity index (χ3n) is 3.49. The van der Waals surface area contributed by atoms with Gasteiger partial charge in [0.15, 0.2) is 5.82 Å². The minimum Gasteiger partial charge on any atom is -0.374 e. The monoisotopic (exact) mass is 264 g/mol. The molecule has 2 aromatic rings. The lowest BCUT2D eigenvalue weighted by Gasteiger charge is -2.30. The topological polar surface area (TPSA) is 56.3 Å². The Balaban J connectivity index is 1.92.